The van der Waals surface area contributed by atoms with Crippen molar-refractivity contribution in [3.05, 3.63) is 74.0 Å². The number of aromatic hydroxyl groups is 1. The quantitative estimate of drug-likeness (QED) is 0.748. The normalized spacial score (nSPS) is 11.0. The molecule has 1 aromatic heterocycles. The lowest BCUT2D eigenvalue weighted by atomic mass is 9.97. The minimum atomic E-state index is -0.120. The molecule has 0 aliphatic heterocycles. The molecule has 0 atom stereocenters. The number of rotatable bonds is 2. The number of H-pyrrole nitrogens is 1. The van der Waals surface area contributed by atoms with E-state index in [1.54, 1.807) is 6.07 Å². The summed E-state index contributed by atoms with van der Waals surface area (Å²) in [4.78, 5) is 15.3. The topological polar surface area (TPSA) is 53.1 Å². The van der Waals surface area contributed by atoms with Crippen molar-refractivity contribution >= 4 is 22.5 Å². The number of aromatic nitrogens is 1. The van der Waals surface area contributed by atoms with Crippen molar-refractivity contribution in [3.63, 3.8) is 0 Å². The van der Waals surface area contributed by atoms with E-state index in [0.29, 0.717) is 27.9 Å². The zero-order valence-electron chi connectivity index (χ0n) is 12.4. The summed E-state index contributed by atoms with van der Waals surface area (Å²) in [6.45, 7) is 3.76. The van der Waals surface area contributed by atoms with Crippen LogP contribution in [0.4, 0.5) is 0 Å². The van der Waals surface area contributed by atoms with Gasteiger partial charge in [0.1, 0.15) is 5.75 Å². The molecule has 0 radical (unpaired) electrons. The first-order valence-electron chi connectivity index (χ1n) is 7.05. The van der Waals surface area contributed by atoms with Gasteiger partial charge in [-0.2, -0.15) is 0 Å². The van der Waals surface area contributed by atoms with Crippen LogP contribution in [-0.2, 0) is 6.42 Å². The third kappa shape index (κ3) is 2.60. The van der Waals surface area contributed by atoms with Crippen molar-refractivity contribution in [1.29, 1.82) is 0 Å². The van der Waals surface area contributed by atoms with Gasteiger partial charge in [-0.1, -0.05) is 23.7 Å². The van der Waals surface area contributed by atoms with Gasteiger partial charge in [0.25, 0.3) is 5.56 Å². The highest BCUT2D eigenvalue weighted by atomic mass is 35.5. The van der Waals surface area contributed by atoms with Crippen LogP contribution in [0.15, 0.2) is 41.2 Å². The fourth-order valence-corrected chi connectivity index (χ4v) is 2.92. The van der Waals surface area contributed by atoms with Crippen LogP contribution in [0.25, 0.3) is 10.9 Å². The number of phenolic OH excluding ortho intramolecular Hbond substituents is 1. The third-order valence-corrected chi connectivity index (χ3v) is 4.16. The number of aromatic amines is 1. The van der Waals surface area contributed by atoms with Crippen molar-refractivity contribution in [2.24, 2.45) is 0 Å². The fourth-order valence-electron chi connectivity index (χ4n) is 2.80. The summed E-state index contributed by atoms with van der Waals surface area (Å²) in [7, 11) is 0. The van der Waals surface area contributed by atoms with E-state index in [1.807, 2.05) is 44.2 Å². The molecule has 3 nitrogen and oxygen atoms in total. The number of phenols is 1. The van der Waals surface area contributed by atoms with Crippen molar-refractivity contribution < 1.29 is 5.11 Å². The predicted molar refractivity (Wildman–Crippen MR) is 90.0 cm³/mol. The second kappa shape index (κ2) is 5.50. The Labute approximate surface area is 133 Å². The lowest BCUT2D eigenvalue weighted by molar-refractivity contribution is 0.481. The van der Waals surface area contributed by atoms with Crippen LogP contribution in [0, 0.1) is 13.8 Å². The standard InChI is InChI=1S/C18H16ClNO2/c1-10-7-15-17(16(21)8-10)11(2)14(18(22)20-15)9-12-3-5-13(19)6-4-12/h3-8,21H,9H2,1-2H3,(H,20,22). The number of fused-ring (bicyclic) bond motifs is 1. The van der Waals surface area contributed by atoms with Gasteiger partial charge in [-0.25, -0.2) is 0 Å². The average molecular weight is 314 g/mol. The Hall–Kier alpha value is -2.26. The lowest BCUT2D eigenvalue weighted by Crippen LogP contribution is -2.15. The van der Waals surface area contributed by atoms with Crippen LogP contribution in [-0.4, -0.2) is 10.1 Å². The van der Waals surface area contributed by atoms with Gasteiger partial charge in [0, 0.05) is 22.4 Å². The highest BCUT2D eigenvalue weighted by Crippen LogP contribution is 2.29. The van der Waals surface area contributed by atoms with Gasteiger partial charge in [-0.3, -0.25) is 4.79 Å². The Bertz CT molecular complexity index is 911. The molecular weight excluding hydrogens is 298 g/mol. The maximum atomic E-state index is 12.4. The van der Waals surface area contributed by atoms with Crippen LogP contribution >= 0.6 is 11.6 Å². The Morgan fingerprint density at radius 3 is 2.50 bits per heavy atom. The number of hydrogen-bond donors (Lipinski definition) is 2. The average Bonchev–Trinajstić information content (AvgIpc) is 2.44. The van der Waals surface area contributed by atoms with Crippen LogP contribution in [0.1, 0.15) is 22.3 Å². The minimum Gasteiger partial charge on any atom is -0.507 e. The third-order valence-electron chi connectivity index (χ3n) is 3.91. The molecule has 0 bridgehead atoms. The molecule has 2 N–H and O–H groups in total. The molecule has 0 spiro atoms. The van der Waals surface area contributed by atoms with Gasteiger partial charge in [0.05, 0.1) is 5.52 Å². The zero-order chi connectivity index (χ0) is 15.9. The molecule has 3 rings (SSSR count). The van der Waals surface area contributed by atoms with Gasteiger partial charge in [-0.15, -0.1) is 0 Å². The Morgan fingerprint density at radius 2 is 1.82 bits per heavy atom. The van der Waals surface area contributed by atoms with E-state index in [1.165, 1.54) is 0 Å². The Morgan fingerprint density at radius 1 is 1.14 bits per heavy atom. The summed E-state index contributed by atoms with van der Waals surface area (Å²) in [6.07, 6.45) is 0.502. The number of hydrogen-bond acceptors (Lipinski definition) is 2. The Balaban J connectivity index is 2.18. The monoisotopic (exact) mass is 313 g/mol. The van der Waals surface area contributed by atoms with Crippen LogP contribution in [0.2, 0.25) is 5.02 Å². The molecular formula is C18H16ClNO2. The van der Waals surface area contributed by atoms with Crippen LogP contribution in [0.5, 0.6) is 5.75 Å². The maximum Gasteiger partial charge on any atom is 0.252 e. The van der Waals surface area contributed by atoms with E-state index >= 15 is 0 Å². The molecule has 1 heterocycles. The Kier molecular flexibility index (Phi) is 3.67. The summed E-state index contributed by atoms with van der Waals surface area (Å²) in [5.74, 6) is 0.195. The molecule has 22 heavy (non-hydrogen) atoms. The van der Waals surface area contributed by atoms with Gasteiger partial charge in [0.2, 0.25) is 0 Å². The number of nitrogens with one attached hydrogen (secondary N) is 1. The molecule has 0 fully saturated rings. The maximum absolute atomic E-state index is 12.4. The van der Waals surface area contributed by atoms with Crippen molar-refractivity contribution in [1.82, 2.24) is 4.98 Å². The van der Waals surface area contributed by atoms with Crippen molar-refractivity contribution in [3.8, 4) is 5.75 Å². The molecule has 2 aromatic carbocycles. The summed E-state index contributed by atoms with van der Waals surface area (Å²) >= 11 is 5.89. The zero-order valence-corrected chi connectivity index (χ0v) is 13.2. The number of benzene rings is 2. The smallest absolute Gasteiger partial charge is 0.252 e. The molecule has 0 aliphatic rings. The predicted octanol–water partition coefficient (Wildman–Crippen LogP) is 4.09. The van der Waals surface area contributed by atoms with E-state index in [9.17, 15) is 9.90 Å². The molecule has 3 aromatic rings. The van der Waals surface area contributed by atoms with E-state index in [2.05, 4.69) is 4.98 Å². The summed E-state index contributed by atoms with van der Waals surface area (Å²) < 4.78 is 0. The minimum absolute atomic E-state index is 0.120. The summed E-state index contributed by atoms with van der Waals surface area (Å²) in [6, 6.07) is 11.0. The SMILES string of the molecule is Cc1cc(O)c2c(C)c(Cc3ccc(Cl)cc3)c(=O)[nH]c2c1. The highest BCUT2D eigenvalue weighted by Gasteiger charge is 2.13. The van der Waals surface area contributed by atoms with Gasteiger partial charge >= 0.3 is 0 Å². The lowest BCUT2D eigenvalue weighted by Gasteiger charge is -2.11. The molecule has 0 unspecified atom stereocenters. The molecule has 0 saturated heterocycles. The van der Waals surface area contributed by atoms with E-state index in [4.69, 9.17) is 11.6 Å². The van der Waals surface area contributed by atoms with E-state index < -0.39 is 0 Å². The van der Waals surface area contributed by atoms with Crippen molar-refractivity contribution in [2.75, 3.05) is 0 Å². The largest absolute Gasteiger partial charge is 0.507 e. The molecule has 0 saturated carbocycles. The first-order chi connectivity index (χ1) is 10.5. The summed E-state index contributed by atoms with van der Waals surface area (Å²) in [5.41, 5.74) is 3.93. The number of aryl methyl sites for hydroxylation is 2. The molecule has 0 aliphatic carbocycles. The first-order valence-corrected chi connectivity index (χ1v) is 7.43. The highest BCUT2D eigenvalue weighted by molar-refractivity contribution is 6.30. The first kappa shape index (κ1) is 14.7. The van der Waals surface area contributed by atoms with Crippen LogP contribution < -0.4 is 5.56 Å². The number of pyridine rings is 1. The van der Waals surface area contributed by atoms with Crippen molar-refractivity contribution in [2.45, 2.75) is 20.3 Å². The fraction of sp³-hybridized carbons (Fsp3) is 0.167. The van der Waals surface area contributed by atoms with Gasteiger partial charge in [0.15, 0.2) is 0 Å². The van der Waals surface area contributed by atoms with Gasteiger partial charge < -0.3 is 10.1 Å². The van der Waals surface area contributed by atoms with E-state index in [0.717, 1.165) is 16.7 Å². The van der Waals surface area contributed by atoms with Crippen LogP contribution in [0.3, 0.4) is 0 Å². The molecule has 0 amide bonds. The van der Waals surface area contributed by atoms with E-state index in [-0.39, 0.29) is 11.3 Å². The molecule has 4 heteroatoms. The second-order valence-corrected chi connectivity index (χ2v) is 6.00. The number of halogens is 1. The van der Waals surface area contributed by atoms with Gasteiger partial charge in [-0.05, 0) is 54.8 Å². The second-order valence-electron chi connectivity index (χ2n) is 5.57. The summed E-state index contributed by atoms with van der Waals surface area (Å²) in [5, 5.41) is 11.6. The molecule has 112 valence electrons.